The van der Waals surface area contributed by atoms with Crippen molar-refractivity contribution in [2.75, 3.05) is 11.4 Å². The molecule has 0 spiro atoms. The number of hydrogen-bond donors (Lipinski definition) is 2. The first-order chi connectivity index (χ1) is 15.7. The number of hydrogen-bond acceptors (Lipinski definition) is 4. The van der Waals surface area contributed by atoms with Gasteiger partial charge in [0.15, 0.2) is 0 Å². The highest BCUT2D eigenvalue weighted by atomic mass is 19.4. The van der Waals surface area contributed by atoms with Gasteiger partial charge in [0.25, 0.3) is 11.8 Å². The number of rotatable bonds is 7. The van der Waals surface area contributed by atoms with Gasteiger partial charge in [-0.15, -0.1) is 0 Å². The molecule has 1 aliphatic carbocycles. The summed E-state index contributed by atoms with van der Waals surface area (Å²) in [6.07, 6.45) is -2.06. The van der Waals surface area contributed by atoms with Gasteiger partial charge in [0.2, 0.25) is 0 Å². The van der Waals surface area contributed by atoms with Gasteiger partial charge in [-0.1, -0.05) is 13.0 Å². The average Bonchev–Trinajstić information content (AvgIpc) is 3.56. The molecule has 178 valence electrons. The second-order valence-corrected chi connectivity index (χ2v) is 8.54. The van der Waals surface area contributed by atoms with Crippen LogP contribution in [0.3, 0.4) is 0 Å². The Labute approximate surface area is 189 Å². The van der Waals surface area contributed by atoms with Crippen LogP contribution in [0.5, 0.6) is 0 Å². The number of carbonyl (C=O) groups excluding carboxylic acids is 2. The molecule has 0 radical (unpaired) electrons. The molecule has 0 saturated heterocycles. The highest BCUT2D eigenvalue weighted by Gasteiger charge is 2.50. The van der Waals surface area contributed by atoms with Crippen molar-refractivity contribution < 1.29 is 27.9 Å². The van der Waals surface area contributed by atoms with E-state index < -0.39 is 29.6 Å². The number of nitrogens with one attached hydrogen (secondary N) is 1. The van der Waals surface area contributed by atoms with Crippen LogP contribution in [-0.4, -0.2) is 39.3 Å². The molecule has 2 heterocycles. The number of aliphatic hydroxyl groups is 1. The molecule has 2 atom stereocenters. The summed E-state index contributed by atoms with van der Waals surface area (Å²) in [4.78, 5) is 28.1. The van der Waals surface area contributed by atoms with E-state index in [1.807, 2.05) is 13.8 Å². The number of carbonyl (C=O) groups is 2. The number of aromatic nitrogens is 2. The van der Waals surface area contributed by atoms with Crippen molar-refractivity contribution in [3.8, 4) is 0 Å². The maximum Gasteiger partial charge on any atom is 0.416 e. The molecule has 1 aliphatic heterocycles. The van der Waals surface area contributed by atoms with Gasteiger partial charge in [-0.3, -0.25) is 14.5 Å². The number of anilines is 1. The summed E-state index contributed by atoms with van der Waals surface area (Å²) in [5, 5.41) is 17.3. The maximum atomic E-state index is 13.5. The number of aryl methyl sites for hydroxylation is 1. The van der Waals surface area contributed by atoms with Crippen LogP contribution in [0.2, 0.25) is 0 Å². The fourth-order valence-electron chi connectivity index (χ4n) is 4.70. The smallest absolute Gasteiger partial charge is 0.390 e. The molecule has 0 bridgehead atoms. The van der Waals surface area contributed by atoms with Gasteiger partial charge in [-0.05, 0) is 50.3 Å². The fourth-order valence-corrected chi connectivity index (χ4v) is 4.70. The molecule has 2 amide bonds. The normalized spacial score (nSPS) is 20.7. The monoisotopic (exact) mass is 464 g/mol. The predicted octanol–water partition coefficient (Wildman–Crippen LogP) is 3.46. The van der Waals surface area contributed by atoms with E-state index in [1.165, 1.54) is 12.1 Å². The predicted molar refractivity (Wildman–Crippen MR) is 115 cm³/mol. The topological polar surface area (TPSA) is 87.5 Å². The minimum atomic E-state index is -4.58. The molecule has 1 aromatic carbocycles. The Bertz CT molecular complexity index is 1060. The van der Waals surface area contributed by atoms with Crippen molar-refractivity contribution in [3.63, 3.8) is 0 Å². The molecule has 7 nitrogen and oxygen atoms in total. The van der Waals surface area contributed by atoms with Crippen LogP contribution < -0.4 is 10.2 Å². The third-order valence-electron chi connectivity index (χ3n) is 6.29. The van der Waals surface area contributed by atoms with Crippen LogP contribution in [0, 0.1) is 5.92 Å². The number of amides is 2. The zero-order valence-corrected chi connectivity index (χ0v) is 18.5. The summed E-state index contributed by atoms with van der Waals surface area (Å²) < 4.78 is 41.1. The van der Waals surface area contributed by atoms with E-state index in [2.05, 4.69) is 10.4 Å². The molecule has 2 N–H and O–H groups in total. The van der Waals surface area contributed by atoms with Gasteiger partial charge in [0.05, 0.1) is 17.9 Å². The summed E-state index contributed by atoms with van der Waals surface area (Å²) in [7, 11) is 0. The van der Waals surface area contributed by atoms with E-state index in [0.29, 0.717) is 24.6 Å². The van der Waals surface area contributed by atoms with E-state index >= 15 is 0 Å². The Balaban J connectivity index is 1.74. The zero-order chi connectivity index (χ0) is 23.9. The average molecular weight is 464 g/mol. The number of alkyl halides is 3. The lowest BCUT2D eigenvalue weighted by Crippen LogP contribution is -2.55. The van der Waals surface area contributed by atoms with E-state index in [9.17, 15) is 27.9 Å². The molecular formula is C23H27F3N4O3. The summed E-state index contributed by atoms with van der Waals surface area (Å²) in [5.74, 6) is -0.671. The highest BCUT2D eigenvalue weighted by Crippen LogP contribution is 2.51. The third kappa shape index (κ3) is 4.23. The van der Waals surface area contributed by atoms with Crippen LogP contribution in [0.25, 0.3) is 0 Å². The summed E-state index contributed by atoms with van der Waals surface area (Å²) in [5.41, 5.74) is 0.138. The molecule has 1 aromatic heterocycles. The molecule has 4 rings (SSSR count). The van der Waals surface area contributed by atoms with E-state index in [4.69, 9.17) is 0 Å². The Hall–Kier alpha value is -2.88. The number of benzene rings is 1. The van der Waals surface area contributed by atoms with Gasteiger partial charge in [-0.25, -0.2) is 4.68 Å². The standard InChI is InChI=1S/C23H27F3N4O3/c1-3-10-30-21-18(16(12-31)28-30)17(13-8-9-13)19(22(33)29(21)4-2)27-20(32)14-6-5-7-15(11-14)23(24,25)26/h5-7,11,13,17,19,31H,3-4,8-10,12H2,1-2H3,(H,27,32)/t17-,19-/m0/s1. The second kappa shape index (κ2) is 8.81. The fraction of sp³-hybridized carbons (Fsp3) is 0.522. The van der Waals surface area contributed by atoms with Crippen LogP contribution in [0.15, 0.2) is 24.3 Å². The van der Waals surface area contributed by atoms with Crippen molar-refractivity contribution in [1.29, 1.82) is 0 Å². The van der Waals surface area contributed by atoms with Crippen molar-refractivity contribution in [3.05, 3.63) is 46.6 Å². The lowest BCUT2D eigenvalue weighted by molar-refractivity contribution is -0.137. The minimum Gasteiger partial charge on any atom is -0.390 e. The minimum absolute atomic E-state index is 0.128. The molecule has 10 heteroatoms. The largest absolute Gasteiger partial charge is 0.416 e. The Morgan fingerprint density at radius 1 is 1.27 bits per heavy atom. The number of nitrogens with zero attached hydrogens (tertiary/aromatic N) is 3. The van der Waals surface area contributed by atoms with Gasteiger partial charge in [0.1, 0.15) is 11.9 Å². The molecule has 1 fully saturated rings. The van der Waals surface area contributed by atoms with E-state index in [-0.39, 0.29) is 24.0 Å². The lowest BCUT2D eigenvalue weighted by Gasteiger charge is -2.38. The maximum absolute atomic E-state index is 13.5. The van der Waals surface area contributed by atoms with Gasteiger partial charge < -0.3 is 10.4 Å². The highest BCUT2D eigenvalue weighted by molar-refractivity contribution is 6.05. The molecule has 0 unspecified atom stereocenters. The number of halogens is 3. The number of likely N-dealkylation sites (N-methyl/N-ethyl adjacent to an activating group) is 1. The Morgan fingerprint density at radius 2 is 2.00 bits per heavy atom. The Morgan fingerprint density at radius 3 is 2.58 bits per heavy atom. The third-order valence-corrected chi connectivity index (χ3v) is 6.29. The van der Waals surface area contributed by atoms with Gasteiger partial charge in [0, 0.05) is 30.1 Å². The molecule has 33 heavy (non-hydrogen) atoms. The lowest BCUT2D eigenvalue weighted by atomic mass is 9.82. The van der Waals surface area contributed by atoms with Gasteiger partial charge >= 0.3 is 6.18 Å². The zero-order valence-electron chi connectivity index (χ0n) is 18.5. The summed E-state index contributed by atoms with van der Waals surface area (Å²) in [6.45, 7) is 4.41. The van der Waals surface area contributed by atoms with Crippen molar-refractivity contribution in [2.45, 2.75) is 64.4 Å². The number of aliphatic hydroxyl groups excluding tert-OH is 1. The molecule has 1 saturated carbocycles. The first-order valence-corrected chi connectivity index (χ1v) is 11.2. The molecular weight excluding hydrogens is 437 g/mol. The summed E-state index contributed by atoms with van der Waals surface area (Å²) >= 11 is 0. The Kier molecular flexibility index (Phi) is 6.22. The van der Waals surface area contributed by atoms with Crippen LogP contribution in [0.4, 0.5) is 19.0 Å². The molecule has 2 aliphatic rings. The van der Waals surface area contributed by atoms with E-state index in [1.54, 1.807) is 9.58 Å². The molecule has 2 aromatic rings. The first kappa shape index (κ1) is 23.3. The van der Waals surface area contributed by atoms with Crippen LogP contribution in [-0.2, 0) is 24.1 Å². The SMILES string of the molecule is CCCn1nc(CO)c2c1N(CC)C(=O)[C@@H](NC(=O)c1cccc(C(F)(F)F)c1)[C@H]2C1CC1. The summed E-state index contributed by atoms with van der Waals surface area (Å²) in [6, 6.07) is 3.21. The number of fused-ring (bicyclic) bond motifs is 1. The van der Waals surface area contributed by atoms with Crippen LogP contribution >= 0.6 is 0 Å². The quantitative estimate of drug-likeness (QED) is 0.657. The van der Waals surface area contributed by atoms with Crippen molar-refractivity contribution >= 4 is 17.6 Å². The first-order valence-electron chi connectivity index (χ1n) is 11.2. The van der Waals surface area contributed by atoms with Gasteiger partial charge in [-0.2, -0.15) is 18.3 Å². The van der Waals surface area contributed by atoms with Crippen molar-refractivity contribution in [1.82, 2.24) is 15.1 Å². The van der Waals surface area contributed by atoms with Crippen molar-refractivity contribution in [2.24, 2.45) is 5.92 Å². The second-order valence-electron chi connectivity index (χ2n) is 8.54. The van der Waals surface area contributed by atoms with Crippen LogP contribution in [0.1, 0.15) is 66.2 Å². The van der Waals surface area contributed by atoms with E-state index in [0.717, 1.165) is 37.0 Å².